The first kappa shape index (κ1) is 34.7. The lowest BCUT2D eigenvalue weighted by Crippen LogP contribution is -2.54. The fraction of sp³-hybridized carbons (Fsp3) is 0.171. The molecule has 0 aliphatic carbocycles. The number of carbonyl (C=O) groups is 5. The van der Waals surface area contributed by atoms with Crippen LogP contribution in [0.3, 0.4) is 0 Å². The number of ether oxygens (including phenoxy) is 3. The number of carbonyl (C=O) groups excluding carboxylic acids is 5. The summed E-state index contributed by atoms with van der Waals surface area (Å²) in [4.78, 5) is 63.1. The van der Waals surface area contributed by atoms with Gasteiger partial charge in [0.15, 0.2) is 0 Å². The summed E-state index contributed by atoms with van der Waals surface area (Å²) < 4.78 is 104. The molecule has 4 amide bonds. The van der Waals surface area contributed by atoms with Crippen LogP contribution in [-0.2, 0) is 5.41 Å². The Labute approximate surface area is 283 Å². The number of fused-ring (bicyclic) bond motifs is 2. The minimum atomic E-state index is -5.91. The maximum Gasteiger partial charge on any atom is 0.411 e. The SMILES string of the molecule is CN1C(=O)c2ccc(OCOc3ccc(C(c4ccc(OC(=O)c5ccc6c(c5)C(=O)N(C)C6=O)cc4)(C(F)(F)F)C(F)(F)F)cc3)cc2C1=O. The van der Waals surface area contributed by atoms with Gasteiger partial charge >= 0.3 is 18.3 Å². The van der Waals surface area contributed by atoms with E-state index in [-0.39, 0.29) is 39.3 Å². The van der Waals surface area contributed by atoms with Gasteiger partial charge < -0.3 is 14.2 Å². The number of amides is 4. The van der Waals surface area contributed by atoms with Crippen molar-refractivity contribution < 1.29 is 64.5 Å². The van der Waals surface area contributed by atoms with Crippen molar-refractivity contribution in [2.45, 2.75) is 17.8 Å². The first-order chi connectivity index (χ1) is 24.0. The molecular formula is C35H22F6N2O8. The number of halogens is 6. The zero-order chi connectivity index (χ0) is 37.0. The first-order valence-corrected chi connectivity index (χ1v) is 14.7. The molecule has 4 aromatic carbocycles. The van der Waals surface area contributed by atoms with Gasteiger partial charge in [0.05, 0.1) is 27.8 Å². The number of rotatable bonds is 8. The molecule has 0 spiro atoms. The Kier molecular flexibility index (Phi) is 8.36. The van der Waals surface area contributed by atoms with Gasteiger partial charge in [0.25, 0.3) is 23.6 Å². The van der Waals surface area contributed by atoms with E-state index in [0.717, 1.165) is 40.1 Å². The zero-order valence-corrected chi connectivity index (χ0v) is 26.2. The summed E-state index contributed by atoms with van der Waals surface area (Å²) in [6, 6.07) is 13.2. The summed E-state index contributed by atoms with van der Waals surface area (Å²) in [6.45, 7) is -0.545. The first-order valence-electron chi connectivity index (χ1n) is 14.7. The molecule has 10 nitrogen and oxygen atoms in total. The van der Waals surface area contributed by atoms with Gasteiger partial charge in [-0.05, 0) is 71.8 Å². The lowest BCUT2D eigenvalue weighted by molar-refractivity contribution is -0.288. The van der Waals surface area contributed by atoms with E-state index in [0.29, 0.717) is 24.3 Å². The molecule has 0 bridgehead atoms. The van der Waals surface area contributed by atoms with E-state index in [1.807, 2.05) is 0 Å². The third-order valence-electron chi connectivity index (χ3n) is 8.47. The highest BCUT2D eigenvalue weighted by Gasteiger charge is 2.72. The van der Waals surface area contributed by atoms with E-state index in [4.69, 9.17) is 14.2 Å². The van der Waals surface area contributed by atoms with Crippen LogP contribution in [0, 0.1) is 0 Å². The molecule has 16 heteroatoms. The topological polar surface area (TPSA) is 120 Å². The van der Waals surface area contributed by atoms with E-state index >= 15 is 0 Å². The summed E-state index contributed by atoms with van der Waals surface area (Å²) in [7, 11) is 2.56. The number of esters is 1. The Bertz CT molecular complexity index is 2100. The normalized spacial score (nSPS) is 14.5. The van der Waals surface area contributed by atoms with Crippen LogP contribution >= 0.6 is 0 Å². The average Bonchev–Trinajstić information content (AvgIpc) is 3.43. The van der Waals surface area contributed by atoms with E-state index in [1.54, 1.807) is 0 Å². The average molecular weight is 713 g/mol. The molecule has 0 atom stereocenters. The molecule has 51 heavy (non-hydrogen) atoms. The van der Waals surface area contributed by atoms with Crippen LogP contribution in [-0.4, -0.2) is 72.6 Å². The molecule has 0 fully saturated rings. The molecule has 6 rings (SSSR count). The van der Waals surface area contributed by atoms with E-state index < -0.39 is 71.0 Å². The second-order valence-electron chi connectivity index (χ2n) is 11.4. The van der Waals surface area contributed by atoms with Crippen LogP contribution in [0.1, 0.15) is 62.9 Å². The Morgan fingerprint density at radius 1 is 0.549 bits per heavy atom. The van der Waals surface area contributed by atoms with Crippen LogP contribution in [0.2, 0.25) is 0 Å². The summed E-state index contributed by atoms with van der Waals surface area (Å²) >= 11 is 0. The summed E-state index contributed by atoms with van der Waals surface area (Å²) in [6.07, 6.45) is -11.8. The standard InChI is InChI=1S/C35H22F6N2O8/c1-42-28(44)24-13-3-18(15-26(24)30(42)46)32(48)51-22-10-6-20(7-11-22)33(34(36,37)38,35(39,40)41)19-4-8-21(9-5-19)49-17-50-23-12-14-25-27(16-23)31(47)43(2)29(25)45/h3-16H,17H2,1-2H3. The molecule has 262 valence electrons. The van der Waals surface area contributed by atoms with Crippen LogP contribution in [0.15, 0.2) is 84.9 Å². The summed E-state index contributed by atoms with van der Waals surface area (Å²) in [5.74, 6) is -3.79. The monoisotopic (exact) mass is 712 g/mol. The van der Waals surface area contributed by atoms with Gasteiger partial charge in [0.2, 0.25) is 12.2 Å². The van der Waals surface area contributed by atoms with Crippen LogP contribution in [0.5, 0.6) is 17.2 Å². The van der Waals surface area contributed by atoms with Crippen molar-refractivity contribution in [3.8, 4) is 17.2 Å². The molecule has 2 aliphatic rings. The van der Waals surface area contributed by atoms with Crippen LogP contribution in [0.4, 0.5) is 26.3 Å². The smallest absolute Gasteiger partial charge is 0.411 e. The molecule has 2 heterocycles. The zero-order valence-electron chi connectivity index (χ0n) is 26.2. The second kappa shape index (κ2) is 12.3. The van der Waals surface area contributed by atoms with Crippen LogP contribution in [0.25, 0.3) is 0 Å². The van der Waals surface area contributed by atoms with Gasteiger partial charge in [0.1, 0.15) is 17.2 Å². The summed E-state index contributed by atoms with van der Waals surface area (Å²) in [5.41, 5.74) is -6.87. The highest BCUT2D eigenvalue weighted by atomic mass is 19.4. The van der Waals surface area contributed by atoms with Crippen molar-refractivity contribution in [2.75, 3.05) is 20.9 Å². The Hall–Kier alpha value is -6.19. The maximum atomic E-state index is 14.7. The largest absolute Gasteiger partial charge is 0.458 e. The molecule has 0 unspecified atom stereocenters. The molecule has 0 saturated heterocycles. The minimum Gasteiger partial charge on any atom is -0.458 e. The highest BCUT2D eigenvalue weighted by molar-refractivity contribution is 6.22. The third kappa shape index (κ3) is 5.71. The van der Waals surface area contributed by atoms with E-state index in [1.165, 1.54) is 44.4 Å². The Morgan fingerprint density at radius 3 is 1.47 bits per heavy atom. The lowest BCUT2D eigenvalue weighted by Gasteiger charge is -2.38. The molecule has 0 aromatic heterocycles. The molecule has 0 saturated carbocycles. The fourth-order valence-electron chi connectivity index (χ4n) is 5.81. The number of imide groups is 2. The molecule has 0 N–H and O–H groups in total. The van der Waals surface area contributed by atoms with Crippen molar-refractivity contribution in [1.82, 2.24) is 9.80 Å². The minimum absolute atomic E-state index is 0.0496. The maximum absolute atomic E-state index is 14.7. The number of nitrogens with zero attached hydrogens (tertiary/aromatic N) is 2. The van der Waals surface area contributed by atoms with Gasteiger partial charge in [0, 0.05) is 14.1 Å². The fourth-order valence-corrected chi connectivity index (χ4v) is 5.81. The molecule has 0 radical (unpaired) electrons. The predicted octanol–water partition coefficient (Wildman–Crippen LogP) is 6.18. The quantitative estimate of drug-likeness (QED) is 0.0699. The van der Waals surface area contributed by atoms with Crippen molar-refractivity contribution >= 4 is 29.6 Å². The van der Waals surface area contributed by atoms with E-state index in [2.05, 4.69) is 0 Å². The van der Waals surface area contributed by atoms with Crippen molar-refractivity contribution in [3.05, 3.63) is 124 Å². The van der Waals surface area contributed by atoms with Gasteiger partial charge in [-0.1, -0.05) is 24.3 Å². The molecular weight excluding hydrogens is 690 g/mol. The number of hydrogen-bond acceptors (Lipinski definition) is 8. The Balaban J connectivity index is 1.20. The number of benzene rings is 4. The molecule has 4 aromatic rings. The predicted molar refractivity (Wildman–Crippen MR) is 163 cm³/mol. The molecule has 2 aliphatic heterocycles. The summed E-state index contributed by atoms with van der Waals surface area (Å²) in [5, 5.41) is 0. The second-order valence-corrected chi connectivity index (χ2v) is 11.4. The van der Waals surface area contributed by atoms with Crippen molar-refractivity contribution in [2.24, 2.45) is 0 Å². The van der Waals surface area contributed by atoms with Crippen molar-refractivity contribution in [3.63, 3.8) is 0 Å². The van der Waals surface area contributed by atoms with Gasteiger partial charge in [-0.25, -0.2) is 4.79 Å². The van der Waals surface area contributed by atoms with Gasteiger partial charge in [-0.2, -0.15) is 26.3 Å². The lowest BCUT2D eigenvalue weighted by atomic mass is 9.73. The third-order valence-corrected chi connectivity index (χ3v) is 8.47. The van der Waals surface area contributed by atoms with Gasteiger partial charge in [-0.15, -0.1) is 0 Å². The van der Waals surface area contributed by atoms with Crippen LogP contribution < -0.4 is 14.2 Å². The number of alkyl halides is 6. The Morgan fingerprint density at radius 2 is 0.961 bits per heavy atom. The highest BCUT2D eigenvalue weighted by Crippen LogP contribution is 2.56. The van der Waals surface area contributed by atoms with E-state index in [9.17, 15) is 50.3 Å². The number of hydrogen-bond donors (Lipinski definition) is 0. The van der Waals surface area contributed by atoms with Crippen molar-refractivity contribution in [1.29, 1.82) is 0 Å². The van der Waals surface area contributed by atoms with Gasteiger partial charge in [-0.3, -0.25) is 29.0 Å².